The van der Waals surface area contributed by atoms with Gasteiger partial charge in [-0.15, -0.1) is 0 Å². The highest BCUT2D eigenvalue weighted by Gasteiger charge is 2.13. The van der Waals surface area contributed by atoms with Crippen molar-refractivity contribution in [3.8, 4) is 11.5 Å². The number of rotatable bonds is 4. The van der Waals surface area contributed by atoms with Gasteiger partial charge in [0.25, 0.3) is 0 Å². The Morgan fingerprint density at radius 1 is 1.25 bits per heavy atom. The maximum atomic E-state index is 11.1. The molecular formula is C14H10ClNO4. The van der Waals surface area contributed by atoms with Gasteiger partial charge in [-0.3, -0.25) is 4.79 Å². The van der Waals surface area contributed by atoms with Crippen molar-refractivity contribution in [2.24, 2.45) is 0 Å². The van der Waals surface area contributed by atoms with E-state index in [0.717, 1.165) is 0 Å². The van der Waals surface area contributed by atoms with E-state index in [1.165, 1.54) is 43.5 Å². The zero-order valence-corrected chi connectivity index (χ0v) is 11.2. The largest absolute Gasteiger partial charge is 0.478 e. The molecule has 0 aliphatic carbocycles. The SMILES string of the molecule is CC(=O)c1ccc(Oc2cc(Cl)ccc2C(=O)O)cn1. The minimum atomic E-state index is -1.12. The fourth-order valence-electron chi connectivity index (χ4n) is 1.53. The lowest BCUT2D eigenvalue weighted by Gasteiger charge is -2.09. The molecule has 0 radical (unpaired) electrons. The first-order valence-corrected chi connectivity index (χ1v) is 6.03. The maximum absolute atomic E-state index is 11.1. The van der Waals surface area contributed by atoms with E-state index in [1.54, 1.807) is 0 Å². The van der Waals surface area contributed by atoms with Crippen LogP contribution in [0.3, 0.4) is 0 Å². The summed E-state index contributed by atoms with van der Waals surface area (Å²) in [5.41, 5.74) is 0.298. The monoisotopic (exact) mass is 291 g/mol. The number of halogens is 1. The lowest BCUT2D eigenvalue weighted by molar-refractivity contribution is 0.0694. The average Bonchev–Trinajstić information content (AvgIpc) is 2.39. The van der Waals surface area contributed by atoms with Crippen LogP contribution in [-0.2, 0) is 0 Å². The van der Waals surface area contributed by atoms with Gasteiger partial charge in [-0.05, 0) is 24.3 Å². The highest BCUT2D eigenvalue weighted by Crippen LogP contribution is 2.28. The van der Waals surface area contributed by atoms with Gasteiger partial charge in [-0.2, -0.15) is 0 Å². The summed E-state index contributed by atoms with van der Waals surface area (Å²) >= 11 is 5.82. The van der Waals surface area contributed by atoms with Crippen LogP contribution >= 0.6 is 11.6 Å². The summed E-state index contributed by atoms with van der Waals surface area (Å²) in [4.78, 5) is 26.1. The number of ketones is 1. The Kier molecular flexibility index (Phi) is 4.00. The second-order valence-electron chi connectivity index (χ2n) is 3.98. The standard InChI is InChI=1S/C14H10ClNO4/c1-8(17)12-5-3-10(7-16-12)20-13-6-9(15)2-4-11(13)14(18)19/h2-7H,1H3,(H,18,19). The quantitative estimate of drug-likeness (QED) is 0.873. The number of carbonyl (C=O) groups excluding carboxylic acids is 1. The van der Waals surface area contributed by atoms with Gasteiger partial charge in [0.15, 0.2) is 5.78 Å². The maximum Gasteiger partial charge on any atom is 0.339 e. The van der Waals surface area contributed by atoms with E-state index in [9.17, 15) is 9.59 Å². The van der Waals surface area contributed by atoms with Crippen LogP contribution in [0.15, 0.2) is 36.5 Å². The molecule has 1 heterocycles. The molecule has 0 fully saturated rings. The van der Waals surface area contributed by atoms with Gasteiger partial charge >= 0.3 is 5.97 Å². The Balaban J connectivity index is 2.31. The molecule has 0 amide bonds. The molecule has 0 atom stereocenters. The van der Waals surface area contributed by atoms with Gasteiger partial charge in [0.1, 0.15) is 22.8 Å². The number of Topliss-reactive ketones (excluding diaryl/α,β-unsaturated/α-hetero) is 1. The van der Waals surface area contributed by atoms with Crippen molar-refractivity contribution >= 4 is 23.4 Å². The smallest absolute Gasteiger partial charge is 0.339 e. The minimum Gasteiger partial charge on any atom is -0.478 e. The number of ether oxygens (including phenoxy) is 1. The summed E-state index contributed by atoms with van der Waals surface area (Å²) in [6, 6.07) is 7.27. The molecule has 0 aliphatic heterocycles. The molecule has 20 heavy (non-hydrogen) atoms. The fourth-order valence-corrected chi connectivity index (χ4v) is 1.70. The van der Waals surface area contributed by atoms with Crippen LogP contribution in [0.2, 0.25) is 5.02 Å². The molecule has 5 nitrogen and oxygen atoms in total. The molecule has 0 bridgehead atoms. The van der Waals surface area contributed by atoms with Crippen LogP contribution in [0.1, 0.15) is 27.8 Å². The van der Waals surface area contributed by atoms with Crippen molar-refractivity contribution < 1.29 is 19.4 Å². The highest BCUT2D eigenvalue weighted by molar-refractivity contribution is 6.30. The second kappa shape index (κ2) is 5.71. The first-order valence-electron chi connectivity index (χ1n) is 5.65. The fraction of sp³-hybridized carbons (Fsp3) is 0.0714. The third-order valence-electron chi connectivity index (χ3n) is 2.50. The van der Waals surface area contributed by atoms with Crippen LogP contribution in [-0.4, -0.2) is 21.8 Å². The molecule has 2 aromatic rings. The Hall–Kier alpha value is -2.40. The van der Waals surface area contributed by atoms with E-state index in [0.29, 0.717) is 16.5 Å². The summed E-state index contributed by atoms with van der Waals surface area (Å²) < 4.78 is 5.45. The number of aromatic carboxylic acids is 1. The van der Waals surface area contributed by atoms with E-state index in [-0.39, 0.29) is 17.1 Å². The summed E-state index contributed by atoms with van der Waals surface area (Å²) in [6.45, 7) is 1.41. The number of carboxylic acid groups (broad SMARTS) is 1. The van der Waals surface area contributed by atoms with Crippen LogP contribution in [0.25, 0.3) is 0 Å². The van der Waals surface area contributed by atoms with E-state index in [1.807, 2.05) is 0 Å². The zero-order chi connectivity index (χ0) is 14.7. The number of aromatic nitrogens is 1. The van der Waals surface area contributed by atoms with Gasteiger partial charge < -0.3 is 9.84 Å². The molecule has 0 unspecified atom stereocenters. The number of carbonyl (C=O) groups is 2. The predicted molar refractivity (Wildman–Crippen MR) is 72.7 cm³/mol. The van der Waals surface area contributed by atoms with Crippen molar-refractivity contribution in [3.63, 3.8) is 0 Å². The number of hydrogen-bond donors (Lipinski definition) is 1. The summed E-state index contributed by atoms with van der Waals surface area (Å²) in [5.74, 6) is -0.849. The van der Waals surface area contributed by atoms with Crippen LogP contribution in [0.5, 0.6) is 11.5 Å². The molecular weight excluding hydrogens is 282 g/mol. The number of hydrogen-bond acceptors (Lipinski definition) is 4. The minimum absolute atomic E-state index is 0.00922. The molecule has 1 aromatic carbocycles. The number of pyridine rings is 1. The molecule has 0 saturated carbocycles. The van der Waals surface area contributed by atoms with E-state index in [4.69, 9.17) is 21.4 Å². The zero-order valence-electron chi connectivity index (χ0n) is 10.5. The summed E-state index contributed by atoms with van der Waals surface area (Å²) in [7, 11) is 0. The highest BCUT2D eigenvalue weighted by atomic mass is 35.5. The molecule has 0 aliphatic rings. The van der Waals surface area contributed by atoms with Crippen LogP contribution < -0.4 is 4.74 Å². The second-order valence-corrected chi connectivity index (χ2v) is 4.42. The average molecular weight is 292 g/mol. The van der Waals surface area contributed by atoms with Crippen molar-refractivity contribution in [2.45, 2.75) is 6.92 Å². The predicted octanol–water partition coefficient (Wildman–Crippen LogP) is 3.43. The third kappa shape index (κ3) is 3.13. The molecule has 1 N–H and O–H groups in total. The topological polar surface area (TPSA) is 76.5 Å². The Morgan fingerprint density at radius 2 is 2.00 bits per heavy atom. The van der Waals surface area contributed by atoms with E-state index < -0.39 is 5.97 Å². The molecule has 1 aromatic heterocycles. The Morgan fingerprint density at radius 3 is 2.55 bits per heavy atom. The van der Waals surface area contributed by atoms with Crippen molar-refractivity contribution in [2.75, 3.05) is 0 Å². The molecule has 0 saturated heterocycles. The lowest BCUT2D eigenvalue weighted by Crippen LogP contribution is -2.01. The van der Waals surface area contributed by atoms with Gasteiger partial charge in [0.2, 0.25) is 0 Å². The normalized spacial score (nSPS) is 10.1. The molecule has 6 heteroatoms. The van der Waals surface area contributed by atoms with Crippen molar-refractivity contribution in [1.29, 1.82) is 0 Å². The first kappa shape index (κ1) is 14.0. The van der Waals surface area contributed by atoms with Gasteiger partial charge in [-0.25, -0.2) is 9.78 Å². The molecule has 0 spiro atoms. The van der Waals surface area contributed by atoms with Crippen LogP contribution in [0.4, 0.5) is 0 Å². The van der Waals surface area contributed by atoms with Gasteiger partial charge in [-0.1, -0.05) is 11.6 Å². The molecule has 102 valence electrons. The summed E-state index contributed by atoms with van der Waals surface area (Å²) in [6.07, 6.45) is 1.35. The van der Waals surface area contributed by atoms with Crippen molar-refractivity contribution in [1.82, 2.24) is 4.98 Å². The van der Waals surface area contributed by atoms with Crippen LogP contribution in [0, 0.1) is 0 Å². The molecule has 2 rings (SSSR count). The van der Waals surface area contributed by atoms with Gasteiger partial charge in [0, 0.05) is 18.0 Å². The number of carboxylic acids is 1. The lowest BCUT2D eigenvalue weighted by atomic mass is 10.2. The number of nitrogens with zero attached hydrogens (tertiary/aromatic N) is 1. The third-order valence-corrected chi connectivity index (χ3v) is 2.73. The van der Waals surface area contributed by atoms with Crippen molar-refractivity contribution in [3.05, 3.63) is 52.8 Å². The van der Waals surface area contributed by atoms with E-state index in [2.05, 4.69) is 4.98 Å². The van der Waals surface area contributed by atoms with Gasteiger partial charge in [0.05, 0.1) is 6.20 Å². The van der Waals surface area contributed by atoms with E-state index >= 15 is 0 Å². The number of benzene rings is 1. The first-order chi connectivity index (χ1) is 9.47. The Labute approximate surface area is 119 Å². The Bertz CT molecular complexity index is 667. The summed E-state index contributed by atoms with van der Waals surface area (Å²) in [5, 5.41) is 9.43.